The Balaban J connectivity index is 1.41. The van der Waals surface area contributed by atoms with Gasteiger partial charge in [-0.25, -0.2) is 9.59 Å². The first-order valence-electron chi connectivity index (χ1n) is 21.1. The van der Waals surface area contributed by atoms with Crippen LogP contribution in [0.25, 0.3) is 0 Å². The minimum atomic E-state index is -1.39. The zero-order chi connectivity index (χ0) is 44.5. The number of hydrogen-bond donors (Lipinski definition) is 4. The molecule has 0 radical (unpaired) electrons. The number of likely N-dealkylation sites (tertiary alicyclic amines) is 2. The van der Waals surface area contributed by atoms with Crippen molar-refractivity contribution >= 4 is 41.5 Å². The lowest BCUT2D eigenvalue weighted by molar-refractivity contribution is -0.146. The molecule has 2 heterocycles. The number of nitrogens with two attached hydrogens (primary N) is 2. The molecule has 0 unspecified atom stereocenters. The van der Waals surface area contributed by atoms with Gasteiger partial charge in [0.15, 0.2) is 0 Å². The topological polar surface area (TPSA) is 207 Å². The Morgan fingerprint density at radius 3 is 1.34 bits per heavy atom. The second-order valence-corrected chi connectivity index (χ2v) is 16.2. The summed E-state index contributed by atoms with van der Waals surface area (Å²) < 4.78 is 9.61. The molecule has 0 aromatic heterocycles. The molecule has 2 aliphatic heterocycles. The van der Waals surface area contributed by atoms with Gasteiger partial charge in [-0.05, 0) is 71.9 Å². The molecule has 6 N–H and O–H groups in total. The fraction of sp³-hybridized carbons (Fsp3) is 0.478. The van der Waals surface area contributed by atoms with Crippen molar-refractivity contribution < 1.29 is 38.2 Å². The number of nitrogens with zero attached hydrogens (tertiary/aromatic N) is 3. The van der Waals surface area contributed by atoms with Gasteiger partial charge in [0.05, 0.1) is 14.2 Å². The van der Waals surface area contributed by atoms with Gasteiger partial charge in [0.1, 0.15) is 23.2 Å². The number of carbonyl (C=O) groups is 6. The van der Waals surface area contributed by atoms with E-state index in [2.05, 4.69) is 15.5 Å². The fourth-order valence-corrected chi connectivity index (χ4v) is 8.80. The van der Waals surface area contributed by atoms with Crippen LogP contribution in [-0.2, 0) is 52.8 Å². The van der Waals surface area contributed by atoms with Crippen LogP contribution in [0.4, 0.5) is 15.3 Å². The van der Waals surface area contributed by atoms with Gasteiger partial charge in [0.2, 0.25) is 23.6 Å². The third-order valence-corrected chi connectivity index (χ3v) is 12.7. The number of amides is 6. The smallest absolute Gasteiger partial charge is 0.407 e. The lowest BCUT2D eigenvalue weighted by Gasteiger charge is -2.39. The van der Waals surface area contributed by atoms with Crippen LogP contribution in [0, 0.1) is 11.8 Å². The molecule has 3 aromatic rings. The highest BCUT2D eigenvalue weighted by Crippen LogP contribution is 2.42. The number of para-hydroxylation sites is 1. The number of primary amides is 2. The molecule has 15 nitrogen and oxygen atoms in total. The van der Waals surface area contributed by atoms with Gasteiger partial charge in [-0.3, -0.25) is 19.2 Å². The van der Waals surface area contributed by atoms with E-state index in [4.69, 9.17) is 20.9 Å². The number of benzene rings is 3. The molecule has 0 saturated carbocycles. The first-order chi connectivity index (χ1) is 29.2. The van der Waals surface area contributed by atoms with E-state index >= 15 is 0 Å². The molecule has 5 rings (SSSR count). The van der Waals surface area contributed by atoms with Gasteiger partial charge in [0.25, 0.3) is 0 Å². The van der Waals surface area contributed by atoms with Crippen molar-refractivity contribution in [1.82, 2.24) is 20.4 Å². The van der Waals surface area contributed by atoms with Crippen molar-refractivity contribution in [3.63, 3.8) is 0 Å². The van der Waals surface area contributed by atoms with E-state index in [1.807, 2.05) is 107 Å². The van der Waals surface area contributed by atoms with Crippen LogP contribution in [0.2, 0.25) is 0 Å². The number of anilines is 1. The minimum Gasteiger partial charge on any atom is -0.453 e. The lowest BCUT2D eigenvalue weighted by Crippen LogP contribution is -2.59. The highest BCUT2D eigenvalue weighted by molar-refractivity contribution is 5.96. The molecule has 0 bridgehead atoms. The molecule has 6 atom stereocenters. The molecule has 328 valence electrons. The first kappa shape index (κ1) is 46.0. The molecule has 0 aliphatic carbocycles. The van der Waals surface area contributed by atoms with Gasteiger partial charge < -0.3 is 46.3 Å². The Bertz CT molecular complexity index is 1910. The summed E-state index contributed by atoms with van der Waals surface area (Å²) in [6.07, 6.45) is 1.57. The van der Waals surface area contributed by atoms with Crippen LogP contribution in [-0.4, -0.2) is 85.0 Å². The SMILES string of the molecule is CC[C@@H](C)[C@H](NC(=O)OC)C(=O)N1CCC[C@@]1(C(N)=O)c1ccc(CN(Cc2ccc([C@]3(C(N)=O)CCCN3C(=O)[C@@H](NC(=O)OC)[C@H](C)CC)cc2)c2ccccc2)cc1. The standard InChI is InChI=1S/C46H61N7O8/c1-7-30(3)37(49-43(58)60-5)39(54)52-26-12-24-45(52,41(47)56)34-20-16-32(17-21-34)28-51(36-14-10-9-11-15-36)29-33-18-22-35(23-19-33)46(42(48)57)25-13-27-53(46)40(55)38(31(4)8-2)50-44(59)61-6/h9-11,14-23,30-31,37-38H,7-8,12-13,24-29H2,1-6H3,(H2,47,56)(H2,48,57)(H,49,58)(H,50,59)/t30-,31-,37+,38+,45+,46+/m1/s1. The van der Waals surface area contributed by atoms with Crippen LogP contribution >= 0.6 is 0 Å². The summed E-state index contributed by atoms with van der Waals surface area (Å²) in [4.78, 5) is 84.8. The monoisotopic (exact) mass is 839 g/mol. The van der Waals surface area contributed by atoms with Crippen LogP contribution in [0.15, 0.2) is 78.9 Å². The van der Waals surface area contributed by atoms with Gasteiger partial charge >= 0.3 is 12.2 Å². The zero-order valence-corrected chi connectivity index (χ0v) is 36.1. The van der Waals surface area contributed by atoms with Crippen LogP contribution in [0.3, 0.4) is 0 Å². The fourth-order valence-electron chi connectivity index (χ4n) is 8.80. The molecule has 2 saturated heterocycles. The quantitative estimate of drug-likeness (QED) is 0.144. The van der Waals surface area contributed by atoms with E-state index in [1.54, 1.807) is 0 Å². The number of alkyl carbamates (subject to hydrolysis) is 2. The normalized spacial score (nSPS) is 20.5. The van der Waals surface area contributed by atoms with E-state index in [-0.39, 0.29) is 23.7 Å². The zero-order valence-electron chi connectivity index (χ0n) is 36.1. The maximum absolute atomic E-state index is 14.1. The predicted molar refractivity (Wildman–Crippen MR) is 230 cm³/mol. The highest BCUT2D eigenvalue weighted by atomic mass is 16.5. The minimum absolute atomic E-state index is 0.227. The van der Waals surface area contributed by atoms with Crippen molar-refractivity contribution in [2.45, 2.75) is 102 Å². The maximum atomic E-state index is 14.1. The largest absolute Gasteiger partial charge is 0.453 e. The van der Waals surface area contributed by atoms with Crippen molar-refractivity contribution in [3.05, 3.63) is 101 Å². The Morgan fingerprint density at radius 1 is 0.639 bits per heavy atom. The number of nitrogens with one attached hydrogen (secondary N) is 2. The second-order valence-electron chi connectivity index (χ2n) is 16.2. The van der Waals surface area contributed by atoms with Gasteiger partial charge in [-0.15, -0.1) is 0 Å². The summed E-state index contributed by atoms with van der Waals surface area (Å²) in [5.74, 6) is -2.51. The summed E-state index contributed by atoms with van der Waals surface area (Å²) in [6.45, 7) is 9.15. The van der Waals surface area contributed by atoms with Gasteiger partial charge in [-0.1, -0.05) is 107 Å². The summed E-state index contributed by atoms with van der Waals surface area (Å²) in [5, 5.41) is 5.35. The van der Waals surface area contributed by atoms with Crippen molar-refractivity contribution in [3.8, 4) is 0 Å². The van der Waals surface area contributed by atoms with Crippen molar-refractivity contribution in [1.29, 1.82) is 0 Å². The molecular formula is C46H61N7O8. The maximum Gasteiger partial charge on any atom is 0.407 e. The predicted octanol–water partition coefficient (Wildman–Crippen LogP) is 5.04. The van der Waals surface area contributed by atoms with Gasteiger partial charge in [-0.2, -0.15) is 0 Å². The molecule has 15 heteroatoms. The highest BCUT2D eigenvalue weighted by Gasteiger charge is 2.53. The molecule has 2 aliphatic rings. The van der Waals surface area contributed by atoms with Gasteiger partial charge in [0, 0.05) is 31.9 Å². The van der Waals surface area contributed by atoms with Crippen molar-refractivity contribution in [2.24, 2.45) is 23.3 Å². The van der Waals surface area contributed by atoms with Crippen LogP contribution in [0.1, 0.15) is 88.5 Å². The van der Waals surface area contributed by atoms with E-state index in [0.29, 0.717) is 75.8 Å². The Hall–Kier alpha value is -6.12. The number of ether oxygens (including phenoxy) is 2. The molecule has 61 heavy (non-hydrogen) atoms. The van der Waals surface area contributed by atoms with E-state index in [1.165, 1.54) is 24.0 Å². The number of hydrogen-bond acceptors (Lipinski definition) is 9. The Labute approximate surface area is 358 Å². The molecule has 3 aromatic carbocycles. The molecular weight excluding hydrogens is 779 g/mol. The van der Waals surface area contributed by atoms with E-state index < -0.39 is 47.2 Å². The van der Waals surface area contributed by atoms with Crippen LogP contribution in [0.5, 0.6) is 0 Å². The summed E-state index contributed by atoms with van der Waals surface area (Å²) >= 11 is 0. The molecule has 0 spiro atoms. The Morgan fingerprint density at radius 2 is 1.02 bits per heavy atom. The lowest BCUT2D eigenvalue weighted by atomic mass is 9.84. The third-order valence-electron chi connectivity index (χ3n) is 12.7. The molecule has 2 fully saturated rings. The number of rotatable bonds is 17. The summed E-state index contributed by atoms with van der Waals surface area (Å²) in [6, 6.07) is 23.2. The van der Waals surface area contributed by atoms with Crippen LogP contribution < -0.4 is 27.0 Å². The Kier molecular flexibility index (Phi) is 15.0. The van der Waals surface area contributed by atoms with E-state index in [0.717, 1.165) is 16.8 Å². The summed E-state index contributed by atoms with van der Waals surface area (Å²) in [7, 11) is 2.48. The van der Waals surface area contributed by atoms with E-state index in [9.17, 15) is 28.8 Å². The average molecular weight is 840 g/mol. The van der Waals surface area contributed by atoms with Crippen molar-refractivity contribution in [2.75, 3.05) is 32.2 Å². The third kappa shape index (κ3) is 9.45. The first-order valence-corrected chi connectivity index (χ1v) is 21.1. The average Bonchev–Trinajstić information content (AvgIpc) is 3.94. The summed E-state index contributed by atoms with van der Waals surface area (Å²) in [5.41, 5.74) is 13.5. The number of methoxy groups -OCH3 is 2. The molecule has 6 amide bonds. The second kappa shape index (κ2) is 20.0. The number of carbonyl (C=O) groups excluding carboxylic acids is 6.